The topological polar surface area (TPSA) is 90.0 Å². The van der Waals surface area contributed by atoms with Crippen LogP contribution >= 0.6 is 0 Å². The van der Waals surface area contributed by atoms with Gasteiger partial charge in [-0.3, -0.25) is 0 Å². The Morgan fingerprint density at radius 3 is 2.31 bits per heavy atom. The first kappa shape index (κ1) is 25.7. The first-order chi connectivity index (χ1) is 16.7. The molecule has 2 aromatic carbocycles. The molecule has 2 aromatic heterocycles. The van der Waals surface area contributed by atoms with Crippen LogP contribution in [0.1, 0.15) is 22.6 Å². The van der Waals surface area contributed by atoms with Gasteiger partial charge in [0.25, 0.3) is 0 Å². The number of halogens is 6. The van der Waals surface area contributed by atoms with Gasteiger partial charge in [0, 0.05) is 35.8 Å². The maximum absolute atomic E-state index is 12.8. The van der Waals surface area contributed by atoms with Gasteiger partial charge in [-0.15, -0.1) is 0 Å². The van der Waals surface area contributed by atoms with Crippen LogP contribution in [-0.4, -0.2) is 29.7 Å². The van der Waals surface area contributed by atoms with Crippen LogP contribution in [0.3, 0.4) is 0 Å². The number of hydrogen-bond donors (Lipinski definition) is 1. The minimum absolute atomic E-state index is 0.0309. The van der Waals surface area contributed by atoms with Crippen molar-refractivity contribution in [3.63, 3.8) is 0 Å². The Morgan fingerprint density at radius 2 is 1.69 bits per heavy atom. The summed E-state index contributed by atoms with van der Waals surface area (Å²) in [6, 6.07) is 8.66. The average Bonchev–Trinajstić information content (AvgIpc) is 3.39. The number of aromatic nitrogens is 3. The molecular weight excluding hydrogens is 514 g/mol. The lowest BCUT2D eigenvalue weighted by Gasteiger charge is -2.10. The summed E-state index contributed by atoms with van der Waals surface area (Å²) in [5, 5.41) is 4.18. The van der Waals surface area contributed by atoms with Crippen LogP contribution in [-0.2, 0) is 34.7 Å². The van der Waals surface area contributed by atoms with Crippen LogP contribution in [0.5, 0.6) is 0 Å². The van der Waals surface area contributed by atoms with E-state index in [0.717, 1.165) is 35.2 Å². The fraction of sp³-hybridized carbons (Fsp3) is 0.273. The molecule has 1 N–H and O–H groups in total. The summed E-state index contributed by atoms with van der Waals surface area (Å²) in [6.45, 7) is 1.97. The minimum atomic E-state index is -4.77. The molecular formula is C22H18F6N4O3S. The highest BCUT2D eigenvalue weighted by Crippen LogP contribution is 2.31. The smallest absolute Gasteiger partial charge is 0.346 e. The summed E-state index contributed by atoms with van der Waals surface area (Å²) in [5.41, 5.74) is 1.07. The predicted molar refractivity (Wildman–Crippen MR) is 117 cm³/mol. The quantitative estimate of drug-likeness (QED) is 0.332. The van der Waals surface area contributed by atoms with Gasteiger partial charge in [0.2, 0.25) is 15.8 Å². The van der Waals surface area contributed by atoms with Crippen molar-refractivity contribution in [1.82, 2.24) is 19.4 Å². The molecule has 4 aromatic rings. The van der Waals surface area contributed by atoms with Gasteiger partial charge in [0.15, 0.2) is 0 Å². The summed E-state index contributed by atoms with van der Waals surface area (Å²) in [5.74, 6) is -2.21. The van der Waals surface area contributed by atoms with Crippen molar-refractivity contribution in [3.8, 4) is 11.4 Å². The number of sulfonamides is 1. The van der Waals surface area contributed by atoms with E-state index in [4.69, 9.17) is 0 Å². The van der Waals surface area contributed by atoms with E-state index in [1.807, 2.05) is 6.92 Å². The summed E-state index contributed by atoms with van der Waals surface area (Å²) >= 11 is 0. The van der Waals surface area contributed by atoms with E-state index < -0.39 is 39.6 Å². The molecule has 7 nitrogen and oxygen atoms in total. The lowest BCUT2D eigenvalue weighted by atomic mass is 10.1. The molecule has 0 aliphatic heterocycles. The Morgan fingerprint density at radius 1 is 1.00 bits per heavy atom. The van der Waals surface area contributed by atoms with Crippen LogP contribution in [0, 0.1) is 6.92 Å². The molecule has 0 saturated carbocycles. The molecule has 0 aliphatic rings. The van der Waals surface area contributed by atoms with Crippen LogP contribution in [0.25, 0.3) is 22.3 Å². The number of rotatable bonds is 7. The van der Waals surface area contributed by atoms with Gasteiger partial charge in [-0.1, -0.05) is 29.4 Å². The minimum Gasteiger partial charge on any atom is -0.346 e. The van der Waals surface area contributed by atoms with Crippen LogP contribution in [0.4, 0.5) is 26.3 Å². The first-order valence-corrected chi connectivity index (χ1v) is 12.0. The molecule has 14 heteroatoms. The van der Waals surface area contributed by atoms with Crippen LogP contribution in [0.15, 0.2) is 53.2 Å². The molecule has 0 aliphatic carbocycles. The second-order valence-corrected chi connectivity index (χ2v) is 9.81. The average molecular weight is 532 g/mol. The lowest BCUT2D eigenvalue weighted by molar-refractivity contribution is -0.159. The molecule has 0 spiro atoms. The third-order valence-corrected chi connectivity index (χ3v) is 6.68. The largest absolute Gasteiger partial charge is 0.471 e. The van der Waals surface area contributed by atoms with Gasteiger partial charge in [0.1, 0.15) is 0 Å². The van der Waals surface area contributed by atoms with Crippen molar-refractivity contribution in [2.75, 3.05) is 6.54 Å². The summed E-state index contributed by atoms with van der Waals surface area (Å²) in [7, 11) is -3.85. The van der Waals surface area contributed by atoms with E-state index in [9.17, 15) is 34.8 Å². The second-order valence-electron chi connectivity index (χ2n) is 8.01. The number of hydrogen-bond acceptors (Lipinski definition) is 5. The van der Waals surface area contributed by atoms with Crippen LogP contribution in [0.2, 0.25) is 0 Å². The first-order valence-electron chi connectivity index (χ1n) is 10.4. The molecule has 0 amide bonds. The molecule has 0 atom stereocenters. The molecule has 192 valence electrons. The number of nitrogens with zero attached hydrogens (tertiary/aromatic N) is 3. The maximum atomic E-state index is 12.8. The normalized spacial score (nSPS) is 13.0. The summed E-state index contributed by atoms with van der Waals surface area (Å²) in [6.07, 6.45) is -7.53. The Hall–Kier alpha value is -3.39. The van der Waals surface area contributed by atoms with Crippen molar-refractivity contribution < 1.29 is 39.3 Å². The Bertz CT molecular complexity index is 1490. The highest BCUT2D eigenvalue weighted by atomic mass is 32.2. The van der Waals surface area contributed by atoms with E-state index in [0.29, 0.717) is 5.52 Å². The van der Waals surface area contributed by atoms with Crippen molar-refractivity contribution in [3.05, 3.63) is 71.2 Å². The number of nitrogens with one attached hydrogen (secondary N) is 1. The van der Waals surface area contributed by atoms with Crippen molar-refractivity contribution in [2.24, 2.45) is 0 Å². The number of fused-ring (bicyclic) bond motifs is 1. The molecule has 4 rings (SSSR count). The molecule has 36 heavy (non-hydrogen) atoms. The van der Waals surface area contributed by atoms with Gasteiger partial charge in [-0.25, -0.2) is 13.1 Å². The predicted octanol–water partition coefficient (Wildman–Crippen LogP) is 5.16. The fourth-order valence-electron chi connectivity index (χ4n) is 3.64. The zero-order chi connectivity index (χ0) is 26.3. The van der Waals surface area contributed by atoms with E-state index in [-0.39, 0.29) is 30.0 Å². The zero-order valence-corrected chi connectivity index (χ0v) is 19.3. The molecule has 0 unspecified atom stereocenters. The molecule has 0 bridgehead atoms. The monoisotopic (exact) mass is 532 g/mol. The second kappa shape index (κ2) is 9.24. The van der Waals surface area contributed by atoms with Crippen molar-refractivity contribution in [2.45, 2.75) is 31.6 Å². The SMILES string of the molecule is Cc1cn(CCNS(=O)(=O)Cc2ccc(C(F)(F)F)cc2)c2cc(-c3noc(C(F)(F)F)n3)ccc12. The van der Waals surface area contributed by atoms with E-state index >= 15 is 0 Å². The highest BCUT2D eigenvalue weighted by Gasteiger charge is 2.38. The van der Waals surface area contributed by atoms with Crippen molar-refractivity contribution >= 4 is 20.9 Å². The van der Waals surface area contributed by atoms with Gasteiger partial charge in [-0.05, 0) is 36.2 Å². The molecule has 2 heterocycles. The van der Waals surface area contributed by atoms with E-state index in [1.165, 1.54) is 0 Å². The summed E-state index contributed by atoms with van der Waals surface area (Å²) in [4.78, 5) is 3.38. The standard InChI is InChI=1S/C22H18F6N4O3S/c1-13-11-32(9-8-29-36(33,34)12-14-2-5-16(6-3-14)21(23,24)25)18-10-15(4-7-17(13)18)19-30-20(35-31-19)22(26,27)28/h2-7,10-11,29H,8-9,12H2,1H3. The van der Waals surface area contributed by atoms with E-state index in [2.05, 4.69) is 19.4 Å². The Balaban J connectivity index is 1.46. The number of benzene rings is 2. The molecule has 0 radical (unpaired) electrons. The van der Waals surface area contributed by atoms with E-state index in [1.54, 1.807) is 29.0 Å². The van der Waals surface area contributed by atoms with Crippen LogP contribution < -0.4 is 4.72 Å². The Labute approximate surface area is 200 Å². The fourth-order valence-corrected chi connectivity index (χ4v) is 4.77. The molecule has 0 saturated heterocycles. The lowest BCUT2D eigenvalue weighted by Crippen LogP contribution is -2.28. The zero-order valence-electron chi connectivity index (χ0n) is 18.5. The van der Waals surface area contributed by atoms with Gasteiger partial charge >= 0.3 is 18.2 Å². The number of alkyl halides is 6. The number of aryl methyl sites for hydroxylation is 1. The summed E-state index contributed by atoms with van der Waals surface area (Å²) < 4.78 is 110. The van der Waals surface area contributed by atoms with Crippen molar-refractivity contribution in [1.29, 1.82) is 0 Å². The third-order valence-electron chi connectivity index (χ3n) is 5.32. The molecule has 0 fully saturated rings. The van der Waals surface area contributed by atoms with Gasteiger partial charge in [0.05, 0.1) is 11.3 Å². The van der Waals surface area contributed by atoms with Gasteiger partial charge in [-0.2, -0.15) is 31.3 Å². The highest BCUT2D eigenvalue weighted by molar-refractivity contribution is 7.88. The Kier molecular flexibility index (Phi) is 6.60. The maximum Gasteiger partial charge on any atom is 0.471 e. The third kappa shape index (κ3) is 5.70. The van der Waals surface area contributed by atoms with Gasteiger partial charge < -0.3 is 9.09 Å².